The van der Waals surface area contributed by atoms with Gasteiger partial charge in [0.25, 0.3) is 0 Å². The average molecular weight is 342 g/mol. The first-order valence-electron chi connectivity index (χ1n) is 6.50. The van der Waals surface area contributed by atoms with Crippen molar-refractivity contribution in [3.8, 4) is 0 Å². The Labute approximate surface area is 133 Å². The van der Waals surface area contributed by atoms with E-state index >= 15 is 0 Å². The molecule has 1 aromatic carbocycles. The van der Waals surface area contributed by atoms with Gasteiger partial charge >= 0.3 is 0 Å². The number of benzene rings is 1. The van der Waals surface area contributed by atoms with Gasteiger partial charge in [-0.05, 0) is 30.0 Å². The monoisotopic (exact) mass is 341 g/mol. The summed E-state index contributed by atoms with van der Waals surface area (Å²) in [5.41, 5.74) is 3.00. The molecule has 0 radical (unpaired) electrons. The molecule has 0 fully saturated rings. The van der Waals surface area contributed by atoms with Crippen LogP contribution in [-0.4, -0.2) is 13.4 Å². The van der Waals surface area contributed by atoms with Crippen LogP contribution in [0.1, 0.15) is 27.5 Å². The van der Waals surface area contributed by atoms with Crippen LogP contribution in [-0.2, 0) is 22.0 Å². The average Bonchev–Trinajstić information content (AvgIpc) is 2.70. The first-order chi connectivity index (χ1) is 9.90. The van der Waals surface area contributed by atoms with Gasteiger partial charge in [0, 0.05) is 5.56 Å². The number of fused-ring (bicyclic) bond motifs is 1. The predicted molar refractivity (Wildman–Crippen MR) is 84.5 cm³/mol. The second-order valence-electron chi connectivity index (χ2n) is 5.20. The van der Waals surface area contributed by atoms with Gasteiger partial charge < -0.3 is 0 Å². The van der Waals surface area contributed by atoms with Gasteiger partial charge in [0.1, 0.15) is 10.3 Å². The van der Waals surface area contributed by atoms with Gasteiger partial charge in [0.05, 0.1) is 11.0 Å². The summed E-state index contributed by atoms with van der Waals surface area (Å²) in [5, 5.41) is -0.137. The summed E-state index contributed by atoms with van der Waals surface area (Å²) >= 11 is 12.2. The zero-order chi connectivity index (χ0) is 15.2. The van der Waals surface area contributed by atoms with Gasteiger partial charge in [-0.1, -0.05) is 53.5 Å². The van der Waals surface area contributed by atoms with Crippen LogP contribution in [0.3, 0.4) is 0 Å². The Balaban J connectivity index is 2.14. The minimum absolute atomic E-state index is 0.0658. The SMILES string of the molecule is Cc1c(Cl)nc(Cl)c2c1C(Cc1ccccc1)S(=O)(=O)C2. The van der Waals surface area contributed by atoms with Crippen molar-refractivity contribution in [2.24, 2.45) is 0 Å². The molecule has 2 heterocycles. The molecule has 3 rings (SSSR count). The minimum atomic E-state index is -3.29. The standard InChI is InChI=1S/C15H13Cl2NO2S/c1-9-13-11(15(17)18-14(9)16)8-21(19,20)12(13)7-10-5-3-2-4-6-10/h2-6,12H,7-8H2,1H3. The Kier molecular flexibility index (Phi) is 3.72. The maximum Gasteiger partial charge on any atom is 0.161 e. The predicted octanol–water partition coefficient (Wildman–Crippen LogP) is 3.91. The van der Waals surface area contributed by atoms with E-state index in [0.717, 1.165) is 11.1 Å². The van der Waals surface area contributed by atoms with Crippen molar-refractivity contribution in [3.63, 3.8) is 0 Å². The number of rotatable bonds is 2. The van der Waals surface area contributed by atoms with Crippen LogP contribution in [0.15, 0.2) is 30.3 Å². The van der Waals surface area contributed by atoms with E-state index < -0.39 is 15.1 Å². The lowest BCUT2D eigenvalue weighted by Gasteiger charge is -2.14. The summed E-state index contributed by atoms with van der Waals surface area (Å²) in [6, 6.07) is 9.55. The molecule has 21 heavy (non-hydrogen) atoms. The second kappa shape index (κ2) is 5.27. The summed E-state index contributed by atoms with van der Waals surface area (Å²) in [6.07, 6.45) is 0.424. The number of hydrogen-bond acceptors (Lipinski definition) is 3. The van der Waals surface area contributed by atoms with E-state index in [1.54, 1.807) is 6.92 Å². The molecule has 1 atom stereocenters. The number of halogens is 2. The summed E-state index contributed by atoms with van der Waals surface area (Å²) in [5.74, 6) is -0.0658. The van der Waals surface area contributed by atoms with Gasteiger partial charge in [-0.25, -0.2) is 13.4 Å². The summed E-state index contributed by atoms with van der Waals surface area (Å²) in [6.45, 7) is 1.79. The molecule has 110 valence electrons. The fraction of sp³-hybridized carbons (Fsp3) is 0.267. The van der Waals surface area contributed by atoms with Crippen molar-refractivity contribution in [2.45, 2.75) is 24.3 Å². The third kappa shape index (κ3) is 2.56. The molecule has 0 saturated heterocycles. The lowest BCUT2D eigenvalue weighted by atomic mass is 9.98. The van der Waals surface area contributed by atoms with Crippen molar-refractivity contribution in [2.75, 3.05) is 0 Å². The number of aromatic nitrogens is 1. The van der Waals surface area contributed by atoms with Crippen LogP contribution in [0, 0.1) is 6.92 Å². The first kappa shape index (κ1) is 14.8. The number of nitrogens with zero attached hydrogens (tertiary/aromatic N) is 1. The van der Waals surface area contributed by atoms with Gasteiger partial charge in [-0.15, -0.1) is 0 Å². The quantitative estimate of drug-likeness (QED) is 0.778. The smallest absolute Gasteiger partial charge is 0.161 e. The Morgan fingerprint density at radius 1 is 1.19 bits per heavy atom. The largest absolute Gasteiger partial charge is 0.228 e. The van der Waals surface area contributed by atoms with Crippen LogP contribution in [0.25, 0.3) is 0 Å². The summed E-state index contributed by atoms with van der Waals surface area (Å²) in [4.78, 5) is 4.02. The topological polar surface area (TPSA) is 47.0 Å². The molecule has 0 saturated carbocycles. The van der Waals surface area contributed by atoms with Crippen LogP contribution in [0.5, 0.6) is 0 Å². The molecule has 0 aliphatic carbocycles. The highest BCUT2D eigenvalue weighted by molar-refractivity contribution is 7.91. The Bertz CT molecular complexity index is 804. The zero-order valence-corrected chi connectivity index (χ0v) is 13.6. The molecule has 0 spiro atoms. The van der Waals surface area contributed by atoms with E-state index in [9.17, 15) is 8.42 Å². The Morgan fingerprint density at radius 3 is 2.52 bits per heavy atom. The van der Waals surface area contributed by atoms with Gasteiger partial charge in [0.15, 0.2) is 9.84 Å². The van der Waals surface area contributed by atoms with E-state index in [-0.39, 0.29) is 16.1 Å². The normalized spacial score (nSPS) is 19.5. The van der Waals surface area contributed by atoms with Crippen molar-refractivity contribution >= 4 is 33.0 Å². The minimum Gasteiger partial charge on any atom is -0.228 e. The van der Waals surface area contributed by atoms with Gasteiger partial charge in [-0.3, -0.25) is 0 Å². The third-order valence-electron chi connectivity index (χ3n) is 3.85. The molecule has 1 aliphatic heterocycles. The van der Waals surface area contributed by atoms with E-state index in [2.05, 4.69) is 4.98 Å². The molecule has 1 aliphatic rings. The van der Waals surface area contributed by atoms with Crippen LogP contribution in [0.2, 0.25) is 10.3 Å². The Morgan fingerprint density at radius 2 is 1.86 bits per heavy atom. The molecule has 0 N–H and O–H groups in total. The number of sulfone groups is 1. The highest BCUT2D eigenvalue weighted by Gasteiger charge is 2.40. The number of pyridine rings is 1. The fourth-order valence-electron chi connectivity index (χ4n) is 2.80. The van der Waals surface area contributed by atoms with Crippen LogP contribution in [0.4, 0.5) is 0 Å². The van der Waals surface area contributed by atoms with E-state index in [1.165, 1.54) is 0 Å². The van der Waals surface area contributed by atoms with Gasteiger partial charge in [-0.2, -0.15) is 0 Å². The number of hydrogen-bond donors (Lipinski definition) is 0. The van der Waals surface area contributed by atoms with E-state index in [4.69, 9.17) is 23.2 Å². The lowest BCUT2D eigenvalue weighted by molar-refractivity contribution is 0.585. The molecular formula is C15H13Cl2NO2S. The second-order valence-corrected chi connectivity index (χ2v) is 8.10. The molecule has 6 heteroatoms. The van der Waals surface area contributed by atoms with Crippen molar-refractivity contribution in [1.82, 2.24) is 4.98 Å². The van der Waals surface area contributed by atoms with Crippen molar-refractivity contribution < 1.29 is 8.42 Å². The maximum absolute atomic E-state index is 12.5. The summed E-state index contributed by atoms with van der Waals surface area (Å²) in [7, 11) is -3.29. The molecular weight excluding hydrogens is 329 g/mol. The molecule has 0 amide bonds. The van der Waals surface area contributed by atoms with E-state index in [1.807, 2.05) is 30.3 Å². The van der Waals surface area contributed by atoms with Crippen LogP contribution >= 0.6 is 23.2 Å². The lowest BCUT2D eigenvalue weighted by Crippen LogP contribution is -2.11. The molecule has 0 bridgehead atoms. The first-order valence-corrected chi connectivity index (χ1v) is 8.97. The van der Waals surface area contributed by atoms with Crippen molar-refractivity contribution in [1.29, 1.82) is 0 Å². The fourth-order valence-corrected chi connectivity index (χ4v) is 5.38. The third-order valence-corrected chi connectivity index (χ3v) is 6.49. The van der Waals surface area contributed by atoms with Crippen LogP contribution < -0.4 is 0 Å². The highest BCUT2D eigenvalue weighted by Crippen LogP contribution is 2.44. The molecule has 1 aromatic heterocycles. The van der Waals surface area contributed by atoms with E-state index in [0.29, 0.717) is 17.5 Å². The summed E-state index contributed by atoms with van der Waals surface area (Å²) < 4.78 is 25.0. The van der Waals surface area contributed by atoms with Gasteiger partial charge in [0.2, 0.25) is 0 Å². The molecule has 1 unspecified atom stereocenters. The maximum atomic E-state index is 12.5. The Hall–Kier alpha value is -1.10. The highest BCUT2D eigenvalue weighted by atomic mass is 35.5. The molecule has 2 aromatic rings. The molecule has 3 nitrogen and oxygen atoms in total. The zero-order valence-electron chi connectivity index (χ0n) is 11.3. The van der Waals surface area contributed by atoms with Crippen molar-refractivity contribution in [3.05, 3.63) is 62.9 Å².